The zero-order chi connectivity index (χ0) is 11.0. The first-order valence-corrected chi connectivity index (χ1v) is 5.56. The van der Waals surface area contributed by atoms with Crippen molar-refractivity contribution in [3.63, 3.8) is 0 Å². The van der Waals surface area contributed by atoms with E-state index in [0.717, 1.165) is 32.5 Å². The van der Waals surface area contributed by atoms with Gasteiger partial charge in [-0.2, -0.15) is 0 Å². The summed E-state index contributed by atoms with van der Waals surface area (Å²) in [6.07, 6.45) is 2.24. The van der Waals surface area contributed by atoms with Gasteiger partial charge >= 0.3 is 0 Å². The van der Waals surface area contributed by atoms with Crippen LogP contribution in [0.5, 0.6) is 0 Å². The molecule has 3 nitrogen and oxygen atoms in total. The highest BCUT2D eigenvalue weighted by Gasteiger charge is 2.24. The summed E-state index contributed by atoms with van der Waals surface area (Å²) in [5, 5.41) is 18.4. The maximum absolute atomic E-state index is 9.18. The predicted molar refractivity (Wildman–Crippen MR) is 59.3 cm³/mol. The maximum Gasteiger partial charge on any atom is 0.0519 e. The van der Waals surface area contributed by atoms with Crippen molar-refractivity contribution >= 4 is 0 Å². The maximum atomic E-state index is 9.18. The molecule has 0 radical (unpaired) electrons. The average molecular weight is 203 g/mol. The molecule has 0 bridgehead atoms. The number of nitrogens with zero attached hydrogens (tertiary/aromatic N) is 1. The average Bonchev–Trinajstić information content (AvgIpc) is 2.18. The van der Waals surface area contributed by atoms with Gasteiger partial charge in [-0.3, -0.25) is 0 Å². The third kappa shape index (κ3) is 4.94. The number of hydrogen-bond acceptors (Lipinski definition) is 3. The van der Waals surface area contributed by atoms with E-state index in [0.29, 0.717) is 0 Å². The van der Waals surface area contributed by atoms with Gasteiger partial charge in [0.2, 0.25) is 0 Å². The highest BCUT2D eigenvalue weighted by Crippen LogP contribution is 2.16. The van der Waals surface area contributed by atoms with Crippen molar-refractivity contribution < 1.29 is 10.2 Å². The number of aliphatic hydroxyl groups is 2. The highest BCUT2D eigenvalue weighted by molar-refractivity contribution is 4.76. The lowest BCUT2D eigenvalue weighted by Crippen LogP contribution is -2.41. The minimum Gasteiger partial charge on any atom is -0.396 e. The Hall–Kier alpha value is -0.120. The Balaban J connectivity index is 4.10. The number of aliphatic hydroxyl groups excluding tert-OH is 2. The van der Waals surface area contributed by atoms with Gasteiger partial charge in [-0.15, -0.1) is 0 Å². The van der Waals surface area contributed by atoms with E-state index in [1.54, 1.807) is 0 Å². The van der Waals surface area contributed by atoms with Crippen LogP contribution in [0.2, 0.25) is 0 Å². The Labute approximate surface area is 87.7 Å². The van der Waals surface area contributed by atoms with Gasteiger partial charge in [-0.05, 0) is 25.9 Å². The summed E-state index contributed by atoms with van der Waals surface area (Å²) in [7, 11) is 0. The van der Waals surface area contributed by atoms with E-state index in [9.17, 15) is 10.2 Å². The van der Waals surface area contributed by atoms with Crippen molar-refractivity contribution in [2.24, 2.45) is 5.41 Å². The molecule has 0 aromatic rings. The van der Waals surface area contributed by atoms with Gasteiger partial charge in [0.15, 0.2) is 0 Å². The Bertz CT molecular complexity index is 129. The van der Waals surface area contributed by atoms with Crippen LogP contribution in [-0.4, -0.2) is 48.0 Å². The normalized spacial score (nSPS) is 12.4. The summed E-state index contributed by atoms with van der Waals surface area (Å²) in [6.45, 7) is 9.19. The monoisotopic (exact) mass is 203 g/mol. The molecule has 0 amide bonds. The summed E-state index contributed by atoms with van der Waals surface area (Å²) in [5.41, 5.74) is -0.357. The third-order valence-corrected chi connectivity index (χ3v) is 2.45. The predicted octanol–water partition coefficient (Wildman–Crippen LogP) is 1.10. The van der Waals surface area contributed by atoms with Crippen molar-refractivity contribution in [1.29, 1.82) is 0 Å². The Morgan fingerprint density at radius 1 is 1.00 bits per heavy atom. The fourth-order valence-corrected chi connectivity index (χ4v) is 1.59. The Kier molecular flexibility index (Phi) is 7.15. The van der Waals surface area contributed by atoms with Gasteiger partial charge in [0.1, 0.15) is 0 Å². The molecule has 0 spiro atoms. The molecule has 0 aliphatic heterocycles. The van der Waals surface area contributed by atoms with E-state index < -0.39 is 0 Å². The molecule has 0 fully saturated rings. The van der Waals surface area contributed by atoms with Gasteiger partial charge in [-0.25, -0.2) is 0 Å². The molecular formula is C11H25NO2. The zero-order valence-electron chi connectivity index (χ0n) is 9.79. The summed E-state index contributed by atoms with van der Waals surface area (Å²) >= 11 is 0. The molecule has 0 heterocycles. The minimum absolute atomic E-state index is 0.0490. The minimum atomic E-state index is -0.357. The van der Waals surface area contributed by atoms with E-state index in [1.807, 2.05) is 6.92 Å². The molecule has 0 unspecified atom stereocenters. The third-order valence-electron chi connectivity index (χ3n) is 2.45. The van der Waals surface area contributed by atoms with E-state index in [1.165, 1.54) is 0 Å². The van der Waals surface area contributed by atoms with Crippen LogP contribution >= 0.6 is 0 Å². The highest BCUT2D eigenvalue weighted by atomic mass is 16.3. The van der Waals surface area contributed by atoms with Gasteiger partial charge in [0.05, 0.1) is 13.2 Å². The summed E-state index contributed by atoms with van der Waals surface area (Å²) in [5.74, 6) is 0. The first-order valence-electron chi connectivity index (χ1n) is 5.56. The molecule has 3 heteroatoms. The molecule has 0 aromatic heterocycles. The largest absolute Gasteiger partial charge is 0.396 e. The van der Waals surface area contributed by atoms with E-state index in [-0.39, 0.29) is 18.6 Å². The molecule has 0 saturated heterocycles. The van der Waals surface area contributed by atoms with Gasteiger partial charge in [0, 0.05) is 12.0 Å². The fraction of sp³-hybridized carbons (Fsp3) is 1.00. The van der Waals surface area contributed by atoms with Crippen LogP contribution in [0.4, 0.5) is 0 Å². The van der Waals surface area contributed by atoms with E-state index in [2.05, 4.69) is 18.7 Å². The molecule has 0 aliphatic carbocycles. The second-order valence-corrected chi connectivity index (χ2v) is 4.40. The molecule has 0 saturated carbocycles. The van der Waals surface area contributed by atoms with Crippen molar-refractivity contribution in [2.45, 2.75) is 33.6 Å². The van der Waals surface area contributed by atoms with Gasteiger partial charge in [-0.1, -0.05) is 20.8 Å². The standard InChI is InChI=1S/C11H25NO2/c1-4-6-12(7-5-2)8-11(3,9-13)10-14/h13-14H,4-10H2,1-3H3. The molecular weight excluding hydrogens is 178 g/mol. The van der Waals surface area contributed by atoms with Crippen LogP contribution in [-0.2, 0) is 0 Å². The van der Waals surface area contributed by atoms with Crippen molar-refractivity contribution in [2.75, 3.05) is 32.8 Å². The second kappa shape index (κ2) is 7.21. The Morgan fingerprint density at radius 3 is 1.71 bits per heavy atom. The molecule has 2 N–H and O–H groups in total. The molecule has 0 atom stereocenters. The van der Waals surface area contributed by atoms with Crippen LogP contribution in [0.1, 0.15) is 33.6 Å². The first kappa shape index (κ1) is 13.9. The molecule has 86 valence electrons. The van der Waals surface area contributed by atoms with Crippen LogP contribution in [0, 0.1) is 5.41 Å². The molecule has 14 heavy (non-hydrogen) atoms. The summed E-state index contributed by atoms with van der Waals surface area (Å²) in [4.78, 5) is 2.31. The van der Waals surface area contributed by atoms with Crippen molar-refractivity contribution in [3.8, 4) is 0 Å². The topological polar surface area (TPSA) is 43.7 Å². The SMILES string of the molecule is CCCN(CCC)CC(C)(CO)CO. The Morgan fingerprint density at radius 2 is 1.43 bits per heavy atom. The van der Waals surface area contributed by atoms with E-state index in [4.69, 9.17) is 0 Å². The van der Waals surface area contributed by atoms with Crippen LogP contribution < -0.4 is 0 Å². The van der Waals surface area contributed by atoms with E-state index >= 15 is 0 Å². The fourth-order valence-electron chi connectivity index (χ4n) is 1.59. The molecule has 0 rings (SSSR count). The molecule has 0 aliphatic rings. The van der Waals surface area contributed by atoms with Crippen LogP contribution in [0.15, 0.2) is 0 Å². The zero-order valence-corrected chi connectivity index (χ0v) is 9.79. The first-order chi connectivity index (χ1) is 6.61. The lowest BCUT2D eigenvalue weighted by Gasteiger charge is -2.32. The van der Waals surface area contributed by atoms with Gasteiger partial charge in [0.25, 0.3) is 0 Å². The summed E-state index contributed by atoms with van der Waals surface area (Å²) in [6, 6.07) is 0. The smallest absolute Gasteiger partial charge is 0.0519 e. The lowest BCUT2D eigenvalue weighted by molar-refractivity contribution is 0.0350. The van der Waals surface area contributed by atoms with Crippen molar-refractivity contribution in [3.05, 3.63) is 0 Å². The van der Waals surface area contributed by atoms with Crippen LogP contribution in [0.25, 0.3) is 0 Å². The summed E-state index contributed by atoms with van der Waals surface area (Å²) < 4.78 is 0. The molecule has 0 aromatic carbocycles. The number of rotatable bonds is 8. The van der Waals surface area contributed by atoms with Gasteiger partial charge < -0.3 is 15.1 Å². The number of hydrogen-bond donors (Lipinski definition) is 2. The lowest BCUT2D eigenvalue weighted by atomic mass is 9.92. The quantitative estimate of drug-likeness (QED) is 0.621. The van der Waals surface area contributed by atoms with Crippen molar-refractivity contribution in [1.82, 2.24) is 4.90 Å². The van der Waals surface area contributed by atoms with Crippen LogP contribution in [0.3, 0.4) is 0 Å². The second-order valence-electron chi connectivity index (χ2n) is 4.40.